The third-order valence-corrected chi connectivity index (χ3v) is 4.73. The van der Waals surface area contributed by atoms with Gasteiger partial charge in [-0.25, -0.2) is 0 Å². The maximum Gasteiger partial charge on any atom is 0.335 e. The highest BCUT2D eigenvalue weighted by atomic mass is 32.1. The van der Waals surface area contributed by atoms with E-state index >= 15 is 0 Å². The summed E-state index contributed by atoms with van der Waals surface area (Å²) in [4.78, 5) is 0. The highest BCUT2D eigenvalue weighted by Gasteiger charge is 1.99. The van der Waals surface area contributed by atoms with Gasteiger partial charge in [0.25, 0.3) is 0 Å². The molecule has 35 heavy (non-hydrogen) atoms. The molecule has 4 aromatic rings. The van der Waals surface area contributed by atoms with Crippen molar-refractivity contribution in [2.24, 2.45) is 0 Å². The van der Waals surface area contributed by atoms with Gasteiger partial charge in [-0.15, -0.1) is 0 Å². The summed E-state index contributed by atoms with van der Waals surface area (Å²) in [5, 5.41) is 18.4. The van der Waals surface area contributed by atoms with Crippen molar-refractivity contribution in [3.8, 4) is 45.3 Å². The lowest BCUT2D eigenvalue weighted by atomic mass is 10.1. The van der Waals surface area contributed by atoms with Crippen LogP contribution in [-0.4, -0.2) is 31.8 Å². The minimum absolute atomic E-state index is 0.287. The van der Waals surface area contributed by atoms with Crippen LogP contribution in [0.25, 0.3) is 22.3 Å². The molecule has 0 saturated heterocycles. The Morgan fingerprint density at radius 1 is 0.514 bits per heavy atom. The van der Waals surface area contributed by atoms with Gasteiger partial charge in [-0.3, -0.25) is 0 Å². The molecule has 2 N–H and O–H groups in total. The van der Waals surface area contributed by atoms with E-state index in [1.807, 2.05) is 86.6 Å². The smallest absolute Gasteiger partial charge is 0.335 e. The number of aromatic hydroxyl groups is 2. The van der Waals surface area contributed by atoms with Crippen LogP contribution in [0.3, 0.4) is 0 Å². The quantitative estimate of drug-likeness (QED) is 0.331. The Bertz CT molecular complexity index is 1080. The summed E-state index contributed by atoms with van der Waals surface area (Å²) in [7, 11) is 0. The molecule has 0 saturated carbocycles. The second-order valence-electron chi connectivity index (χ2n) is 7.08. The van der Waals surface area contributed by atoms with Crippen molar-refractivity contribution < 1.29 is 28.1 Å². The van der Waals surface area contributed by atoms with Crippen molar-refractivity contribution >= 4 is 11.6 Å². The predicted molar refractivity (Wildman–Crippen MR) is 138 cm³/mol. The van der Waals surface area contributed by atoms with E-state index in [1.165, 1.54) is 0 Å². The van der Waals surface area contributed by atoms with Gasteiger partial charge >= 0.3 is 11.6 Å². The summed E-state index contributed by atoms with van der Waals surface area (Å²) in [6.45, 7) is 5.29. The van der Waals surface area contributed by atoms with Crippen molar-refractivity contribution in [2.45, 2.75) is 13.8 Å². The summed E-state index contributed by atoms with van der Waals surface area (Å²) >= 11 is -0.750. The average molecular weight is 493 g/mol. The van der Waals surface area contributed by atoms with Crippen molar-refractivity contribution in [1.82, 2.24) is 0 Å². The van der Waals surface area contributed by atoms with Crippen LogP contribution in [0, 0.1) is 0 Å². The number of rotatable bonds is 6. The molecule has 0 unspecified atom stereocenters. The third kappa shape index (κ3) is 9.35. The Hall–Kier alpha value is -4.10. The van der Waals surface area contributed by atoms with Gasteiger partial charge in [0.1, 0.15) is 23.0 Å². The molecule has 4 rings (SSSR count). The van der Waals surface area contributed by atoms with Crippen LogP contribution in [0.4, 0.5) is 0 Å². The number of hydrogen-bond acceptors (Lipinski definition) is 6. The van der Waals surface area contributed by atoms with Gasteiger partial charge in [-0.1, -0.05) is 48.5 Å². The third-order valence-electron chi connectivity index (χ3n) is 4.73. The van der Waals surface area contributed by atoms with E-state index < -0.39 is 11.6 Å². The Morgan fingerprint density at radius 3 is 0.971 bits per heavy atom. The summed E-state index contributed by atoms with van der Waals surface area (Å²) < 4.78 is 27.3. The van der Waals surface area contributed by atoms with Crippen molar-refractivity contribution in [2.75, 3.05) is 13.2 Å². The number of hydrogen-bond donors (Lipinski definition) is 2. The molecule has 4 aromatic carbocycles. The van der Waals surface area contributed by atoms with Gasteiger partial charge in [0.2, 0.25) is 0 Å². The van der Waals surface area contributed by atoms with Gasteiger partial charge in [0.05, 0.1) is 13.2 Å². The zero-order chi connectivity index (χ0) is 25.5. The van der Waals surface area contributed by atoms with Crippen LogP contribution in [0.1, 0.15) is 13.8 Å². The first kappa shape index (κ1) is 27.1. The molecule has 0 amide bonds. The molecule has 0 radical (unpaired) electrons. The lowest BCUT2D eigenvalue weighted by Crippen LogP contribution is -1.90. The zero-order valence-corrected chi connectivity index (χ0v) is 20.4. The molecule has 182 valence electrons. The van der Waals surface area contributed by atoms with E-state index in [-0.39, 0.29) is 11.5 Å². The maximum atomic E-state index is 9.20. The van der Waals surface area contributed by atoms with Crippen LogP contribution >= 0.6 is 0 Å². The van der Waals surface area contributed by atoms with Gasteiger partial charge in [0.15, 0.2) is 0 Å². The van der Waals surface area contributed by atoms with Crippen LogP contribution < -0.4 is 9.47 Å². The Morgan fingerprint density at radius 2 is 0.743 bits per heavy atom. The maximum absolute atomic E-state index is 9.20. The topological polar surface area (TPSA) is 93.1 Å². The average Bonchev–Trinajstić information content (AvgIpc) is 2.87. The Labute approximate surface area is 209 Å². The molecule has 0 heterocycles. The summed E-state index contributed by atoms with van der Waals surface area (Å²) in [5.41, 5.74) is 4.40. The van der Waals surface area contributed by atoms with Crippen LogP contribution in [0.2, 0.25) is 0 Å². The molecular formula is C28H28O6S. The fraction of sp³-hybridized carbons (Fsp3) is 0.143. The SMILES string of the molecule is CCOc1ccc(-c2ccc(O)cc2)cc1.CCOc1ccc(-c2ccc(O)cc2)cc1.O=S=O. The first-order valence-corrected chi connectivity index (χ1v) is 11.6. The molecule has 0 atom stereocenters. The molecule has 6 nitrogen and oxygen atoms in total. The number of phenols is 2. The summed E-state index contributed by atoms with van der Waals surface area (Å²) in [6, 6.07) is 30.2. The van der Waals surface area contributed by atoms with Gasteiger partial charge in [0, 0.05) is 0 Å². The number of phenolic OH excluding ortho intramolecular Hbond substituents is 2. The van der Waals surface area contributed by atoms with Crippen LogP contribution in [-0.2, 0) is 11.6 Å². The highest BCUT2D eigenvalue weighted by molar-refractivity contribution is 7.51. The van der Waals surface area contributed by atoms with E-state index in [0.717, 1.165) is 33.8 Å². The minimum atomic E-state index is -0.750. The molecule has 0 fully saturated rings. The highest BCUT2D eigenvalue weighted by Crippen LogP contribution is 2.25. The second-order valence-corrected chi connectivity index (χ2v) is 7.21. The molecule has 0 aliphatic heterocycles. The standard InChI is InChI=1S/2C14H14O2.O2S/c2*1-2-16-14-9-5-12(6-10-14)11-3-7-13(15)8-4-11;1-3-2/h2*3-10,15H,2H2,1H3;. The number of benzene rings is 4. The largest absolute Gasteiger partial charge is 0.508 e. The van der Waals surface area contributed by atoms with E-state index in [0.29, 0.717) is 13.2 Å². The second kappa shape index (κ2) is 14.9. The van der Waals surface area contributed by atoms with Crippen LogP contribution in [0.5, 0.6) is 23.0 Å². The normalized spacial score (nSPS) is 9.54. The molecule has 0 aliphatic carbocycles. The molecule has 0 spiro atoms. The van der Waals surface area contributed by atoms with E-state index in [1.54, 1.807) is 24.3 Å². The van der Waals surface area contributed by atoms with Gasteiger partial charge < -0.3 is 19.7 Å². The van der Waals surface area contributed by atoms with Crippen molar-refractivity contribution in [1.29, 1.82) is 0 Å². The predicted octanol–water partition coefficient (Wildman–Crippen LogP) is 6.25. The first-order valence-electron chi connectivity index (χ1n) is 11.0. The lowest BCUT2D eigenvalue weighted by Gasteiger charge is -2.05. The monoisotopic (exact) mass is 492 g/mol. The lowest BCUT2D eigenvalue weighted by molar-refractivity contribution is 0.340. The fourth-order valence-electron chi connectivity index (χ4n) is 3.13. The Kier molecular flexibility index (Phi) is 11.6. The number of ether oxygens (including phenoxy) is 2. The molecular weight excluding hydrogens is 464 g/mol. The first-order chi connectivity index (χ1) is 17.0. The minimum Gasteiger partial charge on any atom is -0.508 e. The van der Waals surface area contributed by atoms with E-state index in [4.69, 9.17) is 17.9 Å². The van der Waals surface area contributed by atoms with E-state index in [2.05, 4.69) is 0 Å². The van der Waals surface area contributed by atoms with Gasteiger partial charge in [-0.05, 0) is 84.6 Å². The fourth-order valence-corrected chi connectivity index (χ4v) is 3.13. The zero-order valence-electron chi connectivity index (χ0n) is 19.6. The van der Waals surface area contributed by atoms with Gasteiger partial charge in [-0.2, -0.15) is 8.42 Å². The van der Waals surface area contributed by atoms with Crippen molar-refractivity contribution in [3.05, 3.63) is 97.1 Å². The van der Waals surface area contributed by atoms with Crippen molar-refractivity contribution in [3.63, 3.8) is 0 Å². The summed E-state index contributed by atoms with van der Waals surface area (Å²) in [5.74, 6) is 2.33. The van der Waals surface area contributed by atoms with E-state index in [9.17, 15) is 10.2 Å². The molecule has 0 bridgehead atoms. The molecule has 0 aliphatic rings. The Balaban J connectivity index is 0.000000222. The molecule has 7 heteroatoms. The molecule has 0 aromatic heterocycles. The van der Waals surface area contributed by atoms with Crippen LogP contribution in [0.15, 0.2) is 97.1 Å². The summed E-state index contributed by atoms with van der Waals surface area (Å²) in [6.07, 6.45) is 0.